The fourth-order valence-corrected chi connectivity index (χ4v) is 3.25. The van der Waals surface area contributed by atoms with Crippen molar-refractivity contribution in [2.45, 2.75) is 52.3 Å². The van der Waals surface area contributed by atoms with E-state index in [1.54, 1.807) is 7.11 Å². The fourth-order valence-electron chi connectivity index (χ4n) is 3.25. The molecule has 0 radical (unpaired) electrons. The quantitative estimate of drug-likeness (QED) is 0.344. The molecular weight excluding hydrogens is 469 g/mol. The van der Waals surface area contributed by atoms with Gasteiger partial charge in [-0.1, -0.05) is 0 Å². The Morgan fingerprint density at radius 3 is 3.04 bits per heavy atom. The zero-order valence-corrected chi connectivity index (χ0v) is 19.1. The molecule has 154 valence electrons. The summed E-state index contributed by atoms with van der Waals surface area (Å²) < 4.78 is 7.12. The number of hydrogen-bond acceptors (Lipinski definition) is 5. The standard InChI is InChI=1S/C19H29N7O.HI/c1-4-21-19(22-10-8-15-7-9-20-11-14(15)2)23-16-5-6-18-24-17(13-27-3)25-26(18)12-16;/h7,9,11,16H,4-6,8,10,12-13H2,1-3H3,(H2,21,22,23);1H. The van der Waals surface area contributed by atoms with Gasteiger partial charge in [-0.3, -0.25) is 9.98 Å². The fraction of sp³-hybridized carbons (Fsp3) is 0.579. The Labute approximate surface area is 183 Å². The van der Waals surface area contributed by atoms with E-state index in [-0.39, 0.29) is 30.0 Å². The number of pyridine rings is 1. The molecule has 0 spiro atoms. The molecule has 1 atom stereocenters. The van der Waals surface area contributed by atoms with Crippen molar-refractivity contribution in [1.82, 2.24) is 30.4 Å². The largest absolute Gasteiger partial charge is 0.377 e. The zero-order chi connectivity index (χ0) is 19.1. The van der Waals surface area contributed by atoms with Gasteiger partial charge in [0, 0.05) is 45.1 Å². The van der Waals surface area contributed by atoms with Gasteiger partial charge in [0.25, 0.3) is 0 Å². The van der Waals surface area contributed by atoms with Crippen LogP contribution in [0, 0.1) is 6.92 Å². The van der Waals surface area contributed by atoms with Crippen molar-refractivity contribution in [3.05, 3.63) is 41.2 Å². The van der Waals surface area contributed by atoms with Gasteiger partial charge < -0.3 is 15.4 Å². The molecule has 0 saturated carbocycles. The lowest BCUT2D eigenvalue weighted by molar-refractivity contribution is 0.177. The van der Waals surface area contributed by atoms with Crippen molar-refractivity contribution >= 4 is 29.9 Å². The van der Waals surface area contributed by atoms with Crippen LogP contribution in [0.3, 0.4) is 0 Å². The number of nitrogens with zero attached hydrogens (tertiary/aromatic N) is 5. The molecule has 2 aromatic rings. The molecule has 0 aromatic carbocycles. The van der Waals surface area contributed by atoms with Crippen LogP contribution in [0.2, 0.25) is 0 Å². The van der Waals surface area contributed by atoms with Gasteiger partial charge >= 0.3 is 0 Å². The van der Waals surface area contributed by atoms with Crippen LogP contribution in [0.4, 0.5) is 0 Å². The molecule has 3 heterocycles. The third-order valence-electron chi connectivity index (χ3n) is 4.65. The number of nitrogens with one attached hydrogen (secondary N) is 2. The lowest BCUT2D eigenvalue weighted by Gasteiger charge is -2.25. The normalized spacial score (nSPS) is 16.2. The number of methoxy groups -OCH3 is 1. The summed E-state index contributed by atoms with van der Waals surface area (Å²) >= 11 is 0. The molecule has 9 heteroatoms. The molecule has 0 aliphatic carbocycles. The van der Waals surface area contributed by atoms with Gasteiger partial charge in [0.15, 0.2) is 11.8 Å². The molecule has 2 aromatic heterocycles. The Bertz CT molecular complexity index is 777. The van der Waals surface area contributed by atoms with E-state index in [0.717, 1.165) is 56.5 Å². The zero-order valence-electron chi connectivity index (χ0n) is 16.8. The number of aryl methyl sites for hydroxylation is 2. The average Bonchev–Trinajstić information content (AvgIpc) is 3.05. The van der Waals surface area contributed by atoms with Crippen molar-refractivity contribution < 1.29 is 4.74 Å². The van der Waals surface area contributed by atoms with E-state index in [1.165, 1.54) is 11.1 Å². The maximum atomic E-state index is 5.13. The molecule has 0 saturated heterocycles. The Balaban J connectivity index is 0.00000280. The summed E-state index contributed by atoms with van der Waals surface area (Å²) in [4.78, 5) is 13.4. The predicted molar refractivity (Wildman–Crippen MR) is 120 cm³/mol. The number of guanidine groups is 1. The molecule has 0 fully saturated rings. The topological polar surface area (TPSA) is 89.2 Å². The van der Waals surface area contributed by atoms with Crippen LogP contribution in [-0.4, -0.2) is 51.9 Å². The van der Waals surface area contributed by atoms with Crippen molar-refractivity contribution in [3.8, 4) is 0 Å². The van der Waals surface area contributed by atoms with E-state index in [1.807, 2.05) is 17.1 Å². The second-order valence-electron chi connectivity index (χ2n) is 6.75. The van der Waals surface area contributed by atoms with Crippen molar-refractivity contribution in [2.75, 3.05) is 20.2 Å². The summed E-state index contributed by atoms with van der Waals surface area (Å²) in [6.45, 7) is 6.98. The highest BCUT2D eigenvalue weighted by Gasteiger charge is 2.22. The third kappa shape index (κ3) is 6.13. The number of halogens is 1. The minimum atomic E-state index is 0. The molecule has 1 unspecified atom stereocenters. The first-order chi connectivity index (χ1) is 13.2. The molecular formula is C19H30IN7O. The minimum Gasteiger partial charge on any atom is -0.377 e. The van der Waals surface area contributed by atoms with Crippen LogP contribution in [0.25, 0.3) is 0 Å². The summed E-state index contributed by atoms with van der Waals surface area (Å²) in [6, 6.07) is 2.35. The van der Waals surface area contributed by atoms with E-state index in [0.29, 0.717) is 6.61 Å². The Morgan fingerprint density at radius 1 is 1.43 bits per heavy atom. The highest BCUT2D eigenvalue weighted by Crippen LogP contribution is 2.13. The Morgan fingerprint density at radius 2 is 2.29 bits per heavy atom. The SMILES string of the molecule is CCNC(=NCCc1ccncc1C)NC1CCc2nc(COC)nn2C1.I. The van der Waals surface area contributed by atoms with Crippen LogP contribution >= 0.6 is 24.0 Å². The number of rotatable bonds is 7. The molecule has 28 heavy (non-hydrogen) atoms. The number of aromatic nitrogens is 4. The summed E-state index contributed by atoms with van der Waals surface area (Å²) in [5.41, 5.74) is 2.50. The van der Waals surface area contributed by atoms with Gasteiger partial charge in [0.2, 0.25) is 0 Å². The van der Waals surface area contributed by atoms with E-state index in [2.05, 4.69) is 45.6 Å². The van der Waals surface area contributed by atoms with Gasteiger partial charge in [-0.2, -0.15) is 5.10 Å². The lowest BCUT2D eigenvalue weighted by atomic mass is 10.1. The van der Waals surface area contributed by atoms with Gasteiger partial charge in [0.1, 0.15) is 12.4 Å². The number of ether oxygens (including phenoxy) is 1. The molecule has 0 bridgehead atoms. The van der Waals surface area contributed by atoms with E-state index in [4.69, 9.17) is 9.73 Å². The molecule has 1 aliphatic rings. The lowest BCUT2D eigenvalue weighted by Crippen LogP contribution is -2.47. The van der Waals surface area contributed by atoms with Crippen LogP contribution in [0.15, 0.2) is 23.5 Å². The number of aliphatic imine (C=N–C) groups is 1. The van der Waals surface area contributed by atoms with Crippen molar-refractivity contribution in [1.29, 1.82) is 0 Å². The molecule has 8 nitrogen and oxygen atoms in total. The van der Waals surface area contributed by atoms with Crippen LogP contribution in [-0.2, 0) is 30.7 Å². The van der Waals surface area contributed by atoms with Crippen molar-refractivity contribution in [3.63, 3.8) is 0 Å². The van der Waals surface area contributed by atoms with E-state index >= 15 is 0 Å². The molecule has 3 rings (SSSR count). The second kappa shape index (κ2) is 11.3. The summed E-state index contributed by atoms with van der Waals surface area (Å²) in [7, 11) is 1.66. The smallest absolute Gasteiger partial charge is 0.191 e. The van der Waals surface area contributed by atoms with Gasteiger partial charge in [-0.25, -0.2) is 9.67 Å². The minimum absolute atomic E-state index is 0. The summed E-state index contributed by atoms with van der Waals surface area (Å²) in [6.07, 6.45) is 6.56. The van der Waals surface area contributed by atoms with E-state index in [9.17, 15) is 0 Å². The Kier molecular flexibility index (Phi) is 9.10. The van der Waals surface area contributed by atoms with Crippen LogP contribution in [0.5, 0.6) is 0 Å². The highest BCUT2D eigenvalue weighted by atomic mass is 127. The van der Waals surface area contributed by atoms with Crippen molar-refractivity contribution in [2.24, 2.45) is 4.99 Å². The number of fused-ring (bicyclic) bond motifs is 1. The maximum absolute atomic E-state index is 5.13. The first-order valence-electron chi connectivity index (χ1n) is 9.55. The molecule has 0 amide bonds. The first kappa shape index (κ1) is 22.5. The van der Waals surface area contributed by atoms with Crippen LogP contribution < -0.4 is 10.6 Å². The Hall–Kier alpha value is -1.75. The first-order valence-corrected chi connectivity index (χ1v) is 9.55. The maximum Gasteiger partial charge on any atom is 0.191 e. The monoisotopic (exact) mass is 499 g/mol. The second-order valence-corrected chi connectivity index (χ2v) is 6.75. The summed E-state index contributed by atoms with van der Waals surface area (Å²) in [5, 5.41) is 11.4. The average molecular weight is 499 g/mol. The van der Waals surface area contributed by atoms with Gasteiger partial charge in [-0.15, -0.1) is 24.0 Å². The highest BCUT2D eigenvalue weighted by molar-refractivity contribution is 14.0. The molecule has 1 aliphatic heterocycles. The van der Waals surface area contributed by atoms with Crippen LogP contribution in [0.1, 0.15) is 36.1 Å². The summed E-state index contributed by atoms with van der Waals surface area (Å²) in [5.74, 6) is 2.64. The van der Waals surface area contributed by atoms with Gasteiger partial charge in [-0.05, 0) is 43.9 Å². The third-order valence-corrected chi connectivity index (χ3v) is 4.65. The predicted octanol–water partition coefficient (Wildman–Crippen LogP) is 1.86. The van der Waals surface area contributed by atoms with Gasteiger partial charge in [0.05, 0.1) is 6.54 Å². The molecule has 2 N–H and O–H groups in total. The van der Waals surface area contributed by atoms with E-state index < -0.39 is 0 Å². The number of hydrogen-bond donors (Lipinski definition) is 2.